The van der Waals surface area contributed by atoms with Gasteiger partial charge in [0.1, 0.15) is 5.01 Å². The fourth-order valence-corrected chi connectivity index (χ4v) is 6.09. The number of hydrogen-bond acceptors (Lipinski definition) is 6. The Morgan fingerprint density at radius 3 is 2.42 bits per heavy atom. The van der Waals surface area contributed by atoms with E-state index in [0.29, 0.717) is 17.2 Å². The molecular weight excluding hydrogens is 408 g/mol. The molecule has 1 aromatic heterocycles. The molecule has 1 aromatic carbocycles. The molecule has 1 atom stereocenters. The van der Waals surface area contributed by atoms with Crippen molar-refractivity contribution >= 4 is 28.8 Å². The first-order chi connectivity index (χ1) is 15.1. The third-order valence-electron chi connectivity index (χ3n) is 7.12. The summed E-state index contributed by atoms with van der Waals surface area (Å²) >= 11 is 1.47. The van der Waals surface area contributed by atoms with Gasteiger partial charge in [-0.05, 0) is 31.9 Å². The van der Waals surface area contributed by atoms with Crippen LogP contribution in [0.1, 0.15) is 77.2 Å². The van der Waals surface area contributed by atoms with Crippen LogP contribution < -0.4 is 4.90 Å². The Morgan fingerprint density at radius 2 is 1.74 bits per heavy atom. The molecule has 5 rings (SSSR count). The van der Waals surface area contributed by atoms with E-state index in [1.807, 2.05) is 24.4 Å². The summed E-state index contributed by atoms with van der Waals surface area (Å²) < 4.78 is 0. The van der Waals surface area contributed by atoms with E-state index in [2.05, 4.69) is 14.8 Å². The summed E-state index contributed by atoms with van der Waals surface area (Å²) in [6.07, 6.45) is 9.79. The van der Waals surface area contributed by atoms with E-state index in [1.165, 1.54) is 54.8 Å². The van der Waals surface area contributed by atoms with Crippen LogP contribution in [-0.4, -0.2) is 58.8 Å². The molecule has 0 radical (unpaired) electrons. The molecule has 1 saturated heterocycles. The van der Waals surface area contributed by atoms with Gasteiger partial charge >= 0.3 is 0 Å². The zero-order chi connectivity index (χ0) is 21.4. The van der Waals surface area contributed by atoms with E-state index < -0.39 is 0 Å². The highest BCUT2D eigenvalue weighted by molar-refractivity contribution is 7.09. The number of benzene rings is 1. The van der Waals surface area contributed by atoms with Crippen molar-refractivity contribution in [3.05, 3.63) is 45.9 Å². The van der Waals surface area contributed by atoms with Crippen molar-refractivity contribution in [1.82, 2.24) is 14.8 Å². The van der Waals surface area contributed by atoms with Crippen LogP contribution in [0.3, 0.4) is 0 Å². The average Bonchev–Trinajstić information content (AvgIpc) is 3.32. The maximum atomic E-state index is 13.4. The topological polar surface area (TPSA) is 56.8 Å². The number of carbonyl (C=O) groups is 2. The van der Waals surface area contributed by atoms with E-state index in [9.17, 15) is 9.59 Å². The molecule has 2 fully saturated rings. The van der Waals surface area contributed by atoms with Gasteiger partial charge in [0, 0.05) is 43.8 Å². The summed E-state index contributed by atoms with van der Waals surface area (Å²) in [5.74, 6) is -0.397. The number of rotatable bonds is 4. The number of amides is 2. The first kappa shape index (κ1) is 20.6. The van der Waals surface area contributed by atoms with E-state index in [4.69, 9.17) is 0 Å². The van der Waals surface area contributed by atoms with Crippen LogP contribution in [0, 0.1) is 0 Å². The first-order valence-corrected chi connectivity index (χ1v) is 12.4. The Kier molecular flexibility index (Phi) is 5.80. The molecule has 0 N–H and O–H groups in total. The van der Waals surface area contributed by atoms with Gasteiger partial charge in [0.05, 0.1) is 22.9 Å². The lowest BCUT2D eigenvalue weighted by Crippen LogP contribution is -2.50. The summed E-state index contributed by atoms with van der Waals surface area (Å²) in [5, 5.41) is 2.66. The van der Waals surface area contributed by atoms with Gasteiger partial charge in [-0.15, -0.1) is 11.3 Å². The molecule has 0 unspecified atom stereocenters. The number of anilines is 1. The number of imide groups is 1. The Labute approximate surface area is 187 Å². The van der Waals surface area contributed by atoms with Crippen molar-refractivity contribution in [1.29, 1.82) is 0 Å². The van der Waals surface area contributed by atoms with Crippen LogP contribution in [0.15, 0.2) is 29.8 Å². The van der Waals surface area contributed by atoms with Crippen LogP contribution in [0.25, 0.3) is 0 Å². The number of thiazole rings is 1. The largest absolute Gasteiger partial charge is 0.368 e. The molecule has 2 aromatic rings. The van der Waals surface area contributed by atoms with E-state index in [0.717, 1.165) is 36.9 Å². The SMILES string of the molecule is C[C@@H](c1nccs1)N1C(=O)c2cccc(N3CCN(C4CCCCCC4)CC3)c2C1=O. The van der Waals surface area contributed by atoms with Crippen LogP contribution >= 0.6 is 11.3 Å². The minimum absolute atomic E-state index is 0.190. The lowest BCUT2D eigenvalue weighted by molar-refractivity contribution is 0.0595. The molecule has 0 bridgehead atoms. The lowest BCUT2D eigenvalue weighted by Gasteiger charge is -2.40. The molecule has 1 aliphatic carbocycles. The number of hydrogen-bond donors (Lipinski definition) is 0. The van der Waals surface area contributed by atoms with E-state index in [-0.39, 0.29) is 17.9 Å². The molecule has 31 heavy (non-hydrogen) atoms. The summed E-state index contributed by atoms with van der Waals surface area (Å²) in [7, 11) is 0. The van der Waals surface area contributed by atoms with E-state index in [1.54, 1.807) is 12.3 Å². The smallest absolute Gasteiger partial charge is 0.264 e. The standard InChI is InChI=1S/C24H30N4O2S/c1-17(22-25-11-16-31-22)28-23(29)19-9-6-10-20(21(19)24(28)30)27-14-12-26(13-15-27)18-7-4-2-3-5-8-18/h6,9-11,16-18H,2-5,7-8,12-15H2,1H3/t17-/m0/s1. The average molecular weight is 439 g/mol. The summed E-state index contributed by atoms with van der Waals surface area (Å²) in [6.45, 7) is 5.73. The van der Waals surface area contributed by atoms with E-state index >= 15 is 0 Å². The predicted octanol–water partition coefficient (Wildman–Crippen LogP) is 4.35. The normalized spacial score (nSPS) is 22.0. The highest BCUT2D eigenvalue weighted by Gasteiger charge is 2.42. The zero-order valence-corrected chi connectivity index (χ0v) is 18.9. The number of carbonyl (C=O) groups excluding carboxylic acids is 2. The third kappa shape index (κ3) is 3.78. The predicted molar refractivity (Wildman–Crippen MR) is 123 cm³/mol. The lowest BCUT2D eigenvalue weighted by atomic mass is 10.0. The minimum atomic E-state index is -0.354. The molecular formula is C24H30N4O2S. The summed E-state index contributed by atoms with van der Waals surface area (Å²) in [5.41, 5.74) is 2.00. The fraction of sp³-hybridized carbons (Fsp3) is 0.542. The van der Waals surface area contributed by atoms with Crippen molar-refractivity contribution < 1.29 is 9.59 Å². The second-order valence-corrected chi connectivity index (χ2v) is 9.82. The molecule has 7 heteroatoms. The maximum Gasteiger partial charge on any atom is 0.264 e. The van der Waals surface area contributed by atoms with Gasteiger partial charge in [-0.3, -0.25) is 19.4 Å². The third-order valence-corrected chi connectivity index (χ3v) is 8.06. The quantitative estimate of drug-likeness (QED) is 0.525. The van der Waals surface area contributed by atoms with Gasteiger partial charge in [0.25, 0.3) is 11.8 Å². The Hall–Kier alpha value is -2.25. The fourth-order valence-electron chi connectivity index (χ4n) is 5.40. The number of nitrogens with zero attached hydrogens (tertiary/aromatic N) is 4. The molecule has 164 valence electrons. The molecule has 3 heterocycles. The highest BCUT2D eigenvalue weighted by Crippen LogP contribution is 2.37. The van der Waals surface area contributed by atoms with Crippen molar-refractivity contribution in [3.63, 3.8) is 0 Å². The van der Waals surface area contributed by atoms with Crippen molar-refractivity contribution in [2.75, 3.05) is 31.1 Å². The molecule has 2 aliphatic heterocycles. The van der Waals surface area contributed by atoms with Gasteiger partial charge in [0.15, 0.2) is 0 Å². The van der Waals surface area contributed by atoms with Gasteiger partial charge < -0.3 is 4.90 Å². The van der Waals surface area contributed by atoms with Gasteiger partial charge in [-0.25, -0.2) is 4.98 Å². The second kappa shape index (κ2) is 8.71. The Morgan fingerprint density at radius 1 is 1.00 bits per heavy atom. The number of fused-ring (bicyclic) bond motifs is 1. The van der Waals surface area contributed by atoms with Gasteiger partial charge in [-0.1, -0.05) is 31.7 Å². The molecule has 6 nitrogen and oxygen atoms in total. The molecule has 2 amide bonds. The summed E-state index contributed by atoms with van der Waals surface area (Å²) in [6, 6.07) is 6.06. The Bertz CT molecular complexity index is 944. The van der Waals surface area contributed by atoms with Crippen molar-refractivity contribution in [3.8, 4) is 0 Å². The maximum absolute atomic E-state index is 13.4. The van der Waals surface area contributed by atoms with Crippen molar-refractivity contribution in [2.24, 2.45) is 0 Å². The van der Waals surface area contributed by atoms with Gasteiger partial charge in [0.2, 0.25) is 0 Å². The monoisotopic (exact) mass is 438 g/mol. The first-order valence-electron chi connectivity index (χ1n) is 11.5. The number of piperazine rings is 1. The van der Waals surface area contributed by atoms with Crippen LogP contribution in [0.4, 0.5) is 5.69 Å². The second-order valence-electron chi connectivity index (χ2n) is 8.89. The summed E-state index contributed by atoms with van der Waals surface area (Å²) in [4.78, 5) is 37.2. The number of aromatic nitrogens is 1. The van der Waals surface area contributed by atoms with Gasteiger partial charge in [-0.2, -0.15) is 0 Å². The van der Waals surface area contributed by atoms with Crippen LogP contribution in [0.2, 0.25) is 0 Å². The molecule has 0 spiro atoms. The Balaban J connectivity index is 1.34. The van der Waals surface area contributed by atoms with Crippen LogP contribution in [0.5, 0.6) is 0 Å². The minimum Gasteiger partial charge on any atom is -0.368 e. The highest BCUT2D eigenvalue weighted by atomic mass is 32.1. The zero-order valence-electron chi connectivity index (χ0n) is 18.1. The van der Waals surface area contributed by atoms with Crippen LogP contribution in [-0.2, 0) is 0 Å². The molecule has 3 aliphatic rings. The van der Waals surface area contributed by atoms with Crippen molar-refractivity contribution in [2.45, 2.75) is 57.5 Å². The molecule has 1 saturated carbocycles.